The molecule has 0 aromatic carbocycles. The van der Waals surface area contributed by atoms with E-state index < -0.39 is 9.84 Å². The maximum Gasteiger partial charge on any atom is 0.272 e. The summed E-state index contributed by atoms with van der Waals surface area (Å²) >= 11 is 0. The van der Waals surface area contributed by atoms with Crippen molar-refractivity contribution in [2.75, 3.05) is 18.8 Å². The molecule has 116 valence electrons. The van der Waals surface area contributed by atoms with Crippen LogP contribution in [0.4, 0.5) is 0 Å². The number of nitrogens with zero attached hydrogens (tertiary/aromatic N) is 3. The summed E-state index contributed by atoms with van der Waals surface area (Å²) in [5.74, 6) is 0.222. The summed E-state index contributed by atoms with van der Waals surface area (Å²) in [6, 6.07) is 5.68. The van der Waals surface area contributed by atoms with Gasteiger partial charge in [-0.05, 0) is 31.4 Å². The standard InChI is InChI=1S/C15H17N3O3S/c1-10-3-2-4-14-16-7-12(18(10)14)15(19)17-8-11-5-6-22(20,21)13(11)9-17/h2-4,7,11,13H,5-6,8-9H2,1H3/t11-,13+/m0/s1. The molecule has 7 heteroatoms. The number of carbonyl (C=O) groups is 1. The van der Waals surface area contributed by atoms with Crippen molar-refractivity contribution in [2.24, 2.45) is 5.92 Å². The molecule has 6 nitrogen and oxygen atoms in total. The minimum absolute atomic E-state index is 0.0919. The van der Waals surface area contributed by atoms with Gasteiger partial charge in [0.1, 0.15) is 11.3 Å². The Hall–Kier alpha value is -1.89. The third-order valence-electron chi connectivity index (χ3n) is 4.85. The normalized spacial score (nSPS) is 26.5. The highest BCUT2D eigenvalue weighted by atomic mass is 32.2. The molecule has 0 saturated carbocycles. The first-order valence-electron chi connectivity index (χ1n) is 7.41. The number of rotatable bonds is 1. The Bertz CT molecular complexity index is 871. The summed E-state index contributed by atoms with van der Waals surface area (Å²) in [7, 11) is -3.03. The molecule has 0 spiro atoms. The number of aryl methyl sites for hydroxylation is 1. The fourth-order valence-electron chi connectivity index (χ4n) is 3.67. The van der Waals surface area contributed by atoms with Gasteiger partial charge in [0.2, 0.25) is 0 Å². The Morgan fingerprint density at radius 1 is 1.32 bits per heavy atom. The average Bonchev–Trinajstić information content (AvgIpc) is 3.15. The van der Waals surface area contributed by atoms with Gasteiger partial charge in [0.05, 0.1) is 17.2 Å². The molecule has 0 unspecified atom stereocenters. The predicted molar refractivity (Wildman–Crippen MR) is 81.5 cm³/mol. The molecule has 2 aliphatic heterocycles. The van der Waals surface area contributed by atoms with Gasteiger partial charge in [-0.15, -0.1) is 0 Å². The number of sulfone groups is 1. The zero-order valence-electron chi connectivity index (χ0n) is 12.3. The lowest BCUT2D eigenvalue weighted by Gasteiger charge is -2.17. The van der Waals surface area contributed by atoms with Gasteiger partial charge in [-0.2, -0.15) is 0 Å². The largest absolute Gasteiger partial charge is 0.336 e. The lowest BCUT2D eigenvalue weighted by atomic mass is 10.1. The third-order valence-corrected chi connectivity index (χ3v) is 7.11. The summed E-state index contributed by atoms with van der Waals surface area (Å²) in [6.45, 7) is 2.77. The number of hydrogen-bond donors (Lipinski definition) is 0. The summed E-state index contributed by atoms with van der Waals surface area (Å²) in [4.78, 5) is 18.7. The maximum absolute atomic E-state index is 12.8. The van der Waals surface area contributed by atoms with E-state index >= 15 is 0 Å². The second-order valence-corrected chi connectivity index (χ2v) is 8.51. The Kier molecular flexibility index (Phi) is 2.84. The molecule has 2 aromatic heterocycles. The van der Waals surface area contributed by atoms with Gasteiger partial charge in [0.25, 0.3) is 5.91 Å². The van der Waals surface area contributed by atoms with E-state index in [0.717, 1.165) is 11.3 Å². The van der Waals surface area contributed by atoms with Crippen molar-refractivity contribution >= 4 is 21.4 Å². The molecule has 2 aliphatic rings. The van der Waals surface area contributed by atoms with Crippen LogP contribution >= 0.6 is 0 Å². The molecule has 2 atom stereocenters. The summed E-state index contributed by atoms with van der Waals surface area (Å²) in [6.07, 6.45) is 2.25. The number of hydrogen-bond acceptors (Lipinski definition) is 4. The molecule has 2 aromatic rings. The Labute approximate surface area is 128 Å². The van der Waals surface area contributed by atoms with Gasteiger partial charge in [0, 0.05) is 18.8 Å². The van der Waals surface area contributed by atoms with Crippen LogP contribution in [-0.4, -0.2) is 52.7 Å². The number of likely N-dealkylation sites (tertiary alicyclic amines) is 1. The van der Waals surface area contributed by atoms with E-state index in [1.54, 1.807) is 11.1 Å². The molecular weight excluding hydrogens is 302 g/mol. The van der Waals surface area contributed by atoms with Gasteiger partial charge < -0.3 is 4.90 Å². The predicted octanol–water partition coefficient (Wildman–Crippen LogP) is 0.902. The van der Waals surface area contributed by atoms with Crippen LogP contribution in [0.2, 0.25) is 0 Å². The first kappa shape index (κ1) is 13.8. The molecule has 22 heavy (non-hydrogen) atoms. The van der Waals surface area contributed by atoms with Gasteiger partial charge >= 0.3 is 0 Å². The molecule has 4 heterocycles. The molecule has 0 N–H and O–H groups in total. The average molecular weight is 319 g/mol. The van der Waals surface area contributed by atoms with Gasteiger partial charge in [-0.3, -0.25) is 9.20 Å². The number of fused-ring (bicyclic) bond motifs is 2. The van der Waals surface area contributed by atoms with Crippen molar-refractivity contribution in [2.45, 2.75) is 18.6 Å². The van der Waals surface area contributed by atoms with E-state index in [2.05, 4.69) is 4.98 Å². The summed E-state index contributed by atoms with van der Waals surface area (Å²) in [5, 5.41) is -0.378. The minimum Gasteiger partial charge on any atom is -0.336 e. The van der Waals surface area contributed by atoms with Gasteiger partial charge in [-0.25, -0.2) is 13.4 Å². The monoisotopic (exact) mass is 319 g/mol. The van der Waals surface area contributed by atoms with E-state index in [0.29, 0.717) is 25.2 Å². The molecule has 2 fully saturated rings. The Morgan fingerprint density at radius 2 is 2.14 bits per heavy atom. The van der Waals surface area contributed by atoms with Gasteiger partial charge in [0.15, 0.2) is 9.84 Å². The lowest BCUT2D eigenvalue weighted by Crippen LogP contribution is -2.32. The Balaban J connectivity index is 1.68. The van der Waals surface area contributed by atoms with Crippen molar-refractivity contribution in [3.8, 4) is 0 Å². The number of aromatic nitrogens is 2. The maximum atomic E-state index is 12.8. The second kappa shape index (κ2) is 4.55. The summed E-state index contributed by atoms with van der Waals surface area (Å²) < 4.78 is 25.8. The first-order valence-corrected chi connectivity index (χ1v) is 9.13. The van der Waals surface area contributed by atoms with Crippen molar-refractivity contribution in [1.29, 1.82) is 0 Å². The zero-order valence-corrected chi connectivity index (χ0v) is 13.1. The molecule has 1 amide bonds. The zero-order chi connectivity index (χ0) is 15.5. The molecule has 0 radical (unpaired) electrons. The highest BCUT2D eigenvalue weighted by Gasteiger charge is 2.47. The van der Waals surface area contributed by atoms with Crippen LogP contribution in [0.5, 0.6) is 0 Å². The van der Waals surface area contributed by atoms with E-state index in [1.807, 2.05) is 29.5 Å². The highest BCUT2D eigenvalue weighted by Crippen LogP contribution is 2.34. The quantitative estimate of drug-likeness (QED) is 0.783. The van der Waals surface area contributed by atoms with E-state index in [-0.39, 0.29) is 22.8 Å². The SMILES string of the molecule is Cc1cccc2ncc(C(=O)N3C[C@@H]4CCS(=O)(=O)[C@@H]4C3)n12. The lowest BCUT2D eigenvalue weighted by molar-refractivity contribution is 0.0779. The number of amides is 1. The van der Waals surface area contributed by atoms with Crippen LogP contribution in [0.3, 0.4) is 0 Å². The highest BCUT2D eigenvalue weighted by molar-refractivity contribution is 7.92. The van der Waals surface area contributed by atoms with Gasteiger partial charge in [-0.1, -0.05) is 6.07 Å². The minimum atomic E-state index is -3.03. The molecule has 4 rings (SSSR count). The number of carbonyl (C=O) groups excluding carboxylic acids is 1. The molecule has 0 bridgehead atoms. The second-order valence-electron chi connectivity index (χ2n) is 6.17. The molecular formula is C15H17N3O3S. The Morgan fingerprint density at radius 3 is 2.91 bits per heavy atom. The van der Waals surface area contributed by atoms with Crippen LogP contribution in [0.15, 0.2) is 24.4 Å². The number of imidazole rings is 1. The number of pyridine rings is 1. The molecule has 0 aliphatic carbocycles. The topological polar surface area (TPSA) is 71.8 Å². The van der Waals surface area contributed by atoms with E-state index in [9.17, 15) is 13.2 Å². The van der Waals surface area contributed by atoms with Crippen molar-refractivity contribution in [3.05, 3.63) is 35.8 Å². The van der Waals surface area contributed by atoms with Crippen LogP contribution in [0.1, 0.15) is 22.6 Å². The molecule has 2 saturated heterocycles. The van der Waals surface area contributed by atoms with E-state index in [1.165, 1.54) is 0 Å². The third kappa shape index (κ3) is 1.88. The van der Waals surface area contributed by atoms with E-state index in [4.69, 9.17) is 0 Å². The smallest absolute Gasteiger partial charge is 0.272 e. The fourth-order valence-corrected chi connectivity index (χ4v) is 5.82. The summed E-state index contributed by atoms with van der Waals surface area (Å²) in [5.41, 5.74) is 2.17. The van der Waals surface area contributed by atoms with Crippen LogP contribution in [0.25, 0.3) is 5.65 Å². The van der Waals surface area contributed by atoms with Crippen molar-refractivity contribution < 1.29 is 13.2 Å². The van der Waals surface area contributed by atoms with Crippen LogP contribution in [-0.2, 0) is 9.84 Å². The van der Waals surface area contributed by atoms with Crippen molar-refractivity contribution in [3.63, 3.8) is 0 Å². The van der Waals surface area contributed by atoms with Crippen molar-refractivity contribution in [1.82, 2.24) is 14.3 Å². The van der Waals surface area contributed by atoms with Crippen LogP contribution in [0, 0.1) is 12.8 Å². The fraction of sp³-hybridized carbons (Fsp3) is 0.467. The van der Waals surface area contributed by atoms with Crippen LogP contribution < -0.4 is 0 Å². The first-order chi connectivity index (χ1) is 10.5.